The zero-order chi connectivity index (χ0) is 26.0. The van der Waals surface area contributed by atoms with Gasteiger partial charge in [0, 0.05) is 25.2 Å². The van der Waals surface area contributed by atoms with Crippen LogP contribution in [-0.4, -0.2) is 45.0 Å². The van der Waals surface area contributed by atoms with Crippen molar-refractivity contribution in [2.24, 2.45) is 0 Å². The van der Waals surface area contributed by atoms with Gasteiger partial charge in [0.1, 0.15) is 21.8 Å². The maximum Gasteiger partial charge on any atom is 0.270 e. The normalized spacial score (nSPS) is 21.4. The number of nitriles is 1. The van der Waals surface area contributed by atoms with Gasteiger partial charge in [0.05, 0.1) is 23.7 Å². The van der Waals surface area contributed by atoms with Gasteiger partial charge in [-0.25, -0.2) is 0 Å². The lowest BCUT2D eigenvalue weighted by Gasteiger charge is -2.39. The van der Waals surface area contributed by atoms with Crippen molar-refractivity contribution < 1.29 is 9.53 Å². The Labute approximate surface area is 221 Å². The van der Waals surface area contributed by atoms with Gasteiger partial charge < -0.3 is 9.64 Å². The lowest BCUT2D eigenvalue weighted by molar-refractivity contribution is -0.122. The third kappa shape index (κ3) is 5.12. The van der Waals surface area contributed by atoms with Gasteiger partial charge in [0.15, 0.2) is 0 Å². The van der Waals surface area contributed by atoms with E-state index in [2.05, 4.69) is 11.0 Å². The minimum atomic E-state index is -0.299. The summed E-state index contributed by atoms with van der Waals surface area (Å²) in [6.45, 7) is 9.88. The summed E-state index contributed by atoms with van der Waals surface area (Å²) in [5.74, 6) is 0.559. The molecule has 9 heteroatoms. The van der Waals surface area contributed by atoms with Crippen LogP contribution in [0.15, 0.2) is 40.0 Å². The third-order valence-electron chi connectivity index (χ3n) is 6.35. The van der Waals surface area contributed by atoms with E-state index in [-0.39, 0.29) is 29.2 Å². The Kier molecular flexibility index (Phi) is 7.98. The molecule has 3 heterocycles. The summed E-state index contributed by atoms with van der Waals surface area (Å²) in [5, 5.41) is 9.84. The van der Waals surface area contributed by atoms with E-state index in [0.717, 1.165) is 17.8 Å². The van der Waals surface area contributed by atoms with Gasteiger partial charge >= 0.3 is 0 Å². The van der Waals surface area contributed by atoms with E-state index in [1.807, 2.05) is 57.2 Å². The number of nitrogens with zero attached hydrogens (tertiary/aromatic N) is 4. The number of anilines is 1. The van der Waals surface area contributed by atoms with E-state index in [9.17, 15) is 14.9 Å². The number of thiocarbonyl (C=S) groups is 1. The van der Waals surface area contributed by atoms with Crippen LogP contribution in [0.25, 0.3) is 6.08 Å². The second-order valence-corrected chi connectivity index (χ2v) is 10.9. The smallest absolute Gasteiger partial charge is 0.270 e. The number of aromatic nitrogens is 1. The average Bonchev–Trinajstić information content (AvgIpc) is 3.10. The first-order valence-corrected chi connectivity index (χ1v) is 13.3. The van der Waals surface area contributed by atoms with Crippen molar-refractivity contribution in [1.29, 1.82) is 5.26 Å². The SMILES string of the molecule is CCCn1c(N2CC(C)OC(C)C2)c(C=C2SC(=S)N(Cc3ccccc3)C2=O)c(C)c(C#N)c1=O. The number of benzene rings is 1. The number of hydrogen-bond acceptors (Lipinski definition) is 7. The molecule has 2 unspecified atom stereocenters. The lowest BCUT2D eigenvalue weighted by atomic mass is 10.0. The number of hydrogen-bond donors (Lipinski definition) is 0. The van der Waals surface area contributed by atoms with Crippen LogP contribution in [0.3, 0.4) is 0 Å². The molecule has 0 radical (unpaired) electrons. The molecule has 2 saturated heterocycles. The molecule has 188 valence electrons. The van der Waals surface area contributed by atoms with Crippen molar-refractivity contribution in [2.45, 2.75) is 59.4 Å². The number of ether oxygens (including phenoxy) is 1. The van der Waals surface area contributed by atoms with Gasteiger partial charge in [-0.1, -0.05) is 61.2 Å². The zero-order valence-electron chi connectivity index (χ0n) is 21.0. The van der Waals surface area contributed by atoms with Crippen LogP contribution < -0.4 is 10.5 Å². The average molecular weight is 523 g/mol. The second-order valence-electron chi connectivity index (χ2n) is 9.22. The maximum absolute atomic E-state index is 13.4. The van der Waals surface area contributed by atoms with E-state index in [1.165, 1.54) is 11.8 Å². The number of pyridine rings is 1. The van der Waals surface area contributed by atoms with E-state index >= 15 is 0 Å². The van der Waals surface area contributed by atoms with Crippen LogP contribution in [0.1, 0.15) is 49.4 Å². The Morgan fingerprint density at radius 3 is 2.47 bits per heavy atom. The minimum Gasteiger partial charge on any atom is -0.372 e. The second kappa shape index (κ2) is 11.0. The molecule has 0 N–H and O–H groups in total. The Balaban J connectivity index is 1.84. The molecule has 1 amide bonds. The predicted molar refractivity (Wildman–Crippen MR) is 148 cm³/mol. The summed E-state index contributed by atoms with van der Waals surface area (Å²) < 4.78 is 8.12. The Morgan fingerprint density at radius 2 is 1.86 bits per heavy atom. The highest BCUT2D eigenvalue weighted by molar-refractivity contribution is 8.26. The van der Waals surface area contributed by atoms with Gasteiger partial charge in [-0.3, -0.25) is 19.1 Å². The fraction of sp³-hybridized carbons (Fsp3) is 0.407. The first kappa shape index (κ1) is 26.1. The van der Waals surface area contributed by atoms with Crippen molar-refractivity contribution in [3.05, 3.63) is 67.8 Å². The Hall–Kier alpha value is -2.93. The van der Waals surface area contributed by atoms with E-state index in [1.54, 1.807) is 16.4 Å². The number of thioether (sulfide) groups is 1. The standard InChI is InChI=1S/C27H30N4O3S2/c1-5-11-30-24(29-14-17(2)34-18(3)15-29)21(19(4)22(13-28)25(30)32)12-23-26(33)31(27(35)36-23)16-20-9-7-6-8-10-20/h6-10,12,17-18H,5,11,14-16H2,1-4H3. The quantitative estimate of drug-likeness (QED) is 0.410. The van der Waals surface area contributed by atoms with Crippen LogP contribution >= 0.6 is 24.0 Å². The van der Waals surface area contributed by atoms with E-state index in [0.29, 0.717) is 46.5 Å². The molecule has 0 aliphatic carbocycles. The van der Waals surface area contributed by atoms with Crippen molar-refractivity contribution in [3.8, 4) is 6.07 Å². The molecule has 4 rings (SSSR count). The molecule has 0 spiro atoms. The van der Waals surface area contributed by atoms with Crippen LogP contribution in [0, 0.1) is 18.3 Å². The van der Waals surface area contributed by atoms with Gasteiger partial charge in [-0.15, -0.1) is 0 Å². The van der Waals surface area contributed by atoms with Gasteiger partial charge in [0.25, 0.3) is 11.5 Å². The van der Waals surface area contributed by atoms with Crippen LogP contribution in [0.5, 0.6) is 0 Å². The highest BCUT2D eigenvalue weighted by atomic mass is 32.2. The van der Waals surface area contributed by atoms with Crippen LogP contribution in [-0.2, 0) is 22.6 Å². The van der Waals surface area contributed by atoms with E-state index < -0.39 is 0 Å². The molecule has 36 heavy (non-hydrogen) atoms. The predicted octanol–water partition coefficient (Wildman–Crippen LogP) is 4.45. The molecular formula is C27H30N4O3S2. The summed E-state index contributed by atoms with van der Waals surface area (Å²) in [5.41, 5.74) is 2.08. The van der Waals surface area contributed by atoms with E-state index in [4.69, 9.17) is 17.0 Å². The fourth-order valence-corrected chi connectivity index (χ4v) is 6.04. The van der Waals surface area contributed by atoms with Crippen molar-refractivity contribution >= 4 is 46.1 Å². The Bertz CT molecular complexity index is 1300. The van der Waals surface area contributed by atoms with Gasteiger partial charge in [-0.05, 0) is 44.4 Å². The largest absolute Gasteiger partial charge is 0.372 e. The minimum absolute atomic E-state index is 0.0215. The molecule has 1 aromatic heterocycles. The molecule has 2 aromatic rings. The molecule has 2 fully saturated rings. The summed E-state index contributed by atoms with van der Waals surface area (Å²) in [7, 11) is 0. The first-order valence-electron chi connectivity index (χ1n) is 12.1. The fourth-order valence-electron chi connectivity index (χ4n) is 4.80. The van der Waals surface area contributed by atoms with Crippen molar-refractivity contribution in [3.63, 3.8) is 0 Å². The molecule has 1 aromatic carbocycles. The molecule has 0 saturated carbocycles. The molecule has 2 aliphatic rings. The lowest BCUT2D eigenvalue weighted by Crippen LogP contribution is -2.48. The Morgan fingerprint density at radius 1 is 1.19 bits per heavy atom. The zero-order valence-corrected chi connectivity index (χ0v) is 22.6. The highest BCUT2D eigenvalue weighted by Gasteiger charge is 2.34. The summed E-state index contributed by atoms with van der Waals surface area (Å²) in [6.07, 6.45) is 2.50. The first-order chi connectivity index (χ1) is 17.2. The monoisotopic (exact) mass is 522 g/mol. The molecular weight excluding hydrogens is 492 g/mol. The van der Waals surface area contributed by atoms with Crippen molar-refractivity contribution in [1.82, 2.24) is 9.47 Å². The topological polar surface area (TPSA) is 78.6 Å². The summed E-state index contributed by atoms with van der Waals surface area (Å²) >= 11 is 6.81. The van der Waals surface area contributed by atoms with Gasteiger partial charge in [-0.2, -0.15) is 5.26 Å². The molecule has 2 atom stereocenters. The summed E-state index contributed by atoms with van der Waals surface area (Å²) in [6, 6.07) is 11.8. The van der Waals surface area contributed by atoms with Crippen LogP contribution in [0.4, 0.5) is 5.82 Å². The number of carbonyl (C=O) groups excluding carboxylic acids is 1. The number of rotatable bonds is 6. The van der Waals surface area contributed by atoms with Crippen LogP contribution in [0.2, 0.25) is 0 Å². The maximum atomic E-state index is 13.4. The third-order valence-corrected chi connectivity index (χ3v) is 7.72. The van der Waals surface area contributed by atoms with Crippen molar-refractivity contribution in [2.75, 3.05) is 18.0 Å². The van der Waals surface area contributed by atoms with Gasteiger partial charge in [0.2, 0.25) is 0 Å². The number of carbonyl (C=O) groups is 1. The molecule has 7 nitrogen and oxygen atoms in total. The molecule has 0 bridgehead atoms. The highest BCUT2D eigenvalue weighted by Crippen LogP contribution is 2.37. The number of morpholine rings is 1. The molecule has 2 aliphatic heterocycles. The summed E-state index contributed by atoms with van der Waals surface area (Å²) in [4.78, 5) is 31.0. The number of amides is 1.